The fourth-order valence-electron chi connectivity index (χ4n) is 2.31. The number of hydrogen-bond acceptors (Lipinski definition) is 4. The van der Waals surface area contributed by atoms with Crippen molar-refractivity contribution in [2.45, 2.75) is 37.9 Å². The van der Waals surface area contributed by atoms with Crippen molar-refractivity contribution in [3.8, 4) is 0 Å². The van der Waals surface area contributed by atoms with Crippen molar-refractivity contribution >= 4 is 40.0 Å². The van der Waals surface area contributed by atoms with Crippen LogP contribution in [0.1, 0.15) is 25.1 Å². The van der Waals surface area contributed by atoms with E-state index in [2.05, 4.69) is 20.6 Å². The van der Waals surface area contributed by atoms with Crippen molar-refractivity contribution in [3.05, 3.63) is 59.9 Å². The Morgan fingerprint density at radius 1 is 1.11 bits per heavy atom. The van der Waals surface area contributed by atoms with E-state index in [1.54, 1.807) is 44.6 Å². The SMILES string of the molecule is CN=C(NCc1ccc(S(=O)(=O)N(C)C(C)C)cc1)NCc1ccccn1.I. The molecule has 7 nitrogen and oxygen atoms in total. The van der Waals surface area contributed by atoms with Crippen LogP contribution in [-0.2, 0) is 23.1 Å². The smallest absolute Gasteiger partial charge is 0.243 e. The van der Waals surface area contributed by atoms with Gasteiger partial charge in [-0.1, -0.05) is 18.2 Å². The van der Waals surface area contributed by atoms with E-state index in [0.29, 0.717) is 23.9 Å². The Morgan fingerprint density at radius 3 is 2.29 bits per heavy atom. The average molecular weight is 517 g/mol. The maximum Gasteiger partial charge on any atom is 0.243 e. The summed E-state index contributed by atoms with van der Waals surface area (Å²) >= 11 is 0. The summed E-state index contributed by atoms with van der Waals surface area (Å²) in [4.78, 5) is 8.73. The molecule has 0 bridgehead atoms. The molecule has 154 valence electrons. The molecule has 9 heteroatoms. The summed E-state index contributed by atoms with van der Waals surface area (Å²) < 4.78 is 26.3. The second kappa shape index (κ2) is 11.3. The Morgan fingerprint density at radius 2 is 1.75 bits per heavy atom. The molecule has 1 aromatic carbocycles. The lowest BCUT2D eigenvalue weighted by Gasteiger charge is -2.21. The summed E-state index contributed by atoms with van der Waals surface area (Å²) in [5.74, 6) is 0.650. The molecule has 0 amide bonds. The van der Waals surface area contributed by atoms with Gasteiger partial charge >= 0.3 is 0 Å². The van der Waals surface area contributed by atoms with E-state index in [-0.39, 0.29) is 30.0 Å². The van der Waals surface area contributed by atoms with E-state index in [1.165, 1.54) is 4.31 Å². The van der Waals surface area contributed by atoms with Crippen molar-refractivity contribution in [3.63, 3.8) is 0 Å². The van der Waals surface area contributed by atoms with Gasteiger partial charge in [-0.25, -0.2) is 8.42 Å². The molecule has 0 aliphatic heterocycles. The molecule has 2 rings (SSSR count). The van der Waals surface area contributed by atoms with Gasteiger partial charge in [-0.05, 0) is 43.7 Å². The number of rotatable bonds is 7. The molecule has 28 heavy (non-hydrogen) atoms. The Balaban J connectivity index is 0.00000392. The number of nitrogens with zero attached hydrogens (tertiary/aromatic N) is 3. The lowest BCUT2D eigenvalue weighted by Crippen LogP contribution is -2.36. The lowest BCUT2D eigenvalue weighted by atomic mass is 10.2. The number of pyridine rings is 1. The van der Waals surface area contributed by atoms with Crippen LogP contribution in [0, 0.1) is 0 Å². The fourth-order valence-corrected chi connectivity index (χ4v) is 3.67. The third-order valence-electron chi connectivity index (χ3n) is 4.17. The summed E-state index contributed by atoms with van der Waals surface area (Å²) in [7, 11) is -0.171. The first-order chi connectivity index (χ1) is 12.8. The van der Waals surface area contributed by atoms with Crippen LogP contribution in [0.3, 0.4) is 0 Å². The third-order valence-corrected chi connectivity index (χ3v) is 6.22. The van der Waals surface area contributed by atoms with Crippen LogP contribution in [0.15, 0.2) is 58.5 Å². The molecule has 0 saturated heterocycles. The molecule has 2 aromatic rings. The second-order valence-corrected chi connectivity index (χ2v) is 8.36. The number of aliphatic imine (C=N–C) groups is 1. The van der Waals surface area contributed by atoms with E-state index in [1.807, 2.05) is 32.0 Å². The number of guanidine groups is 1. The van der Waals surface area contributed by atoms with Crippen molar-refractivity contribution in [2.24, 2.45) is 4.99 Å². The molecule has 1 heterocycles. The minimum atomic E-state index is -3.46. The molecule has 1 aromatic heterocycles. The van der Waals surface area contributed by atoms with Crippen LogP contribution in [0.2, 0.25) is 0 Å². The Bertz CT molecular complexity index is 856. The highest BCUT2D eigenvalue weighted by atomic mass is 127. The molecule has 0 unspecified atom stereocenters. The molecule has 0 fully saturated rings. The van der Waals surface area contributed by atoms with Crippen molar-refractivity contribution in [1.82, 2.24) is 19.9 Å². The van der Waals surface area contributed by atoms with E-state index in [9.17, 15) is 8.42 Å². The number of sulfonamides is 1. The van der Waals surface area contributed by atoms with Gasteiger partial charge in [0.15, 0.2) is 5.96 Å². The van der Waals surface area contributed by atoms with Gasteiger partial charge in [-0.15, -0.1) is 24.0 Å². The molecule has 0 aliphatic carbocycles. The molecule has 0 radical (unpaired) electrons. The first-order valence-electron chi connectivity index (χ1n) is 8.76. The lowest BCUT2D eigenvalue weighted by molar-refractivity contribution is 0.410. The van der Waals surface area contributed by atoms with E-state index in [4.69, 9.17) is 0 Å². The first kappa shape index (κ1) is 24.3. The standard InChI is InChI=1S/C19H27N5O2S.HI/c1-15(2)24(4)27(25,26)18-10-8-16(9-11-18)13-22-19(20-3)23-14-17-7-5-6-12-21-17;/h5-12,15H,13-14H2,1-4H3,(H2,20,22,23);1H. The molecule has 2 N–H and O–H groups in total. The number of hydrogen-bond donors (Lipinski definition) is 2. The minimum Gasteiger partial charge on any atom is -0.352 e. The second-order valence-electron chi connectivity index (χ2n) is 6.36. The van der Waals surface area contributed by atoms with Crippen LogP contribution in [-0.4, -0.2) is 43.8 Å². The summed E-state index contributed by atoms with van der Waals surface area (Å²) in [5.41, 5.74) is 1.88. The van der Waals surface area contributed by atoms with Gasteiger partial charge in [0.25, 0.3) is 0 Å². The van der Waals surface area contributed by atoms with Crippen LogP contribution >= 0.6 is 24.0 Å². The van der Waals surface area contributed by atoms with Gasteiger partial charge in [-0.3, -0.25) is 9.98 Å². The highest BCUT2D eigenvalue weighted by molar-refractivity contribution is 14.0. The van der Waals surface area contributed by atoms with Crippen molar-refractivity contribution < 1.29 is 8.42 Å². The monoisotopic (exact) mass is 517 g/mol. The number of nitrogens with one attached hydrogen (secondary N) is 2. The van der Waals surface area contributed by atoms with Crippen LogP contribution in [0.5, 0.6) is 0 Å². The average Bonchev–Trinajstić information content (AvgIpc) is 2.68. The zero-order valence-corrected chi connectivity index (χ0v) is 19.7. The molecular formula is C19H28IN5O2S. The normalized spacial score (nSPS) is 12.0. The molecule has 0 saturated carbocycles. The van der Waals surface area contributed by atoms with Gasteiger partial charge in [0.2, 0.25) is 10.0 Å². The molecule has 0 aliphatic rings. The summed E-state index contributed by atoms with van der Waals surface area (Å²) in [6.45, 7) is 4.79. The number of halogens is 1. The first-order valence-corrected chi connectivity index (χ1v) is 10.2. The third kappa shape index (κ3) is 6.71. The van der Waals surface area contributed by atoms with Crippen molar-refractivity contribution in [1.29, 1.82) is 0 Å². The van der Waals surface area contributed by atoms with Crippen molar-refractivity contribution in [2.75, 3.05) is 14.1 Å². The highest BCUT2D eigenvalue weighted by Gasteiger charge is 2.22. The van der Waals surface area contributed by atoms with Gasteiger partial charge in [0.1, 0.15) is 0 Å². The predicted octanol–water partition coefficient (Wildman–Crippen LogP) is 2.59. The zero-order valence-electron chi connectivity index (χ0n) is 16.6. The zero-order chi connectivity index (χ0) is 19.9. The predicted molar refractivity (Wildman–Crippen MR) is 123 cm³/mol. The van der Waals surface area contributed by atoms with Crippen LogP contribution < -0.4 is 10.6 Å². The fraction of sp³-hybridized carbons (Fsp3) is 0.368. The van der Waals surface area contributed by atoms with Crippen LogP contribution in [0.25, 0.3) is 0 Å². The van der Waals surface area contributed by atoms with E-state index in [0.717, 1.165) is 11.3 Å². The minimum absolute atomic E-state index is 0. The number of aromatic nitrogens is 1. The Labute approximate surface area is 184 Å². The van der Waals surface area contributed by atoms with Gasteiger partial charge in [0.05, 0.1) is 17.1 Å². The topological polar surface area (TPSA) is 86.7 Å². The Kier molecular flexibility index (Phi) is 9.83. The maximum absolute atomic E-state index is 12.5. The maximum atomic E-state index is 12.5. The molecular weight excluding hydrogens is 489 g/mol. The summed E-state index contributed by atoms with van der Waals surface area (Å²) in [6, 6.07) is 12.5. The summed E-state index contributed by atoms with van der Waals surface area (Å²) in [6.07, 6.45) is 1.75. The quantitative estimate of drug-likeness (QED) is 0.335. The van der Waals surface area contributed by atoms with Gasteiger partial charge < -0.3 is 10.6 Å². The highest BCUT2D eigenvalue weighted by Crippen LogP contribution is 2.17. The largest absolute Gasteiger partial charge is 0.352 e. The van der Waals surface area contributed by atoms with Crippen LogP contribution in [0.4, 0.5) is 0 Å². The van der Waals surface area contributed by atoms with E-state index < -0.39 is 10.0 Å². The van der Waals surface area contributed by atoms with E-state index >= 15 is 0 Å². The number of benzene rings is 1. The van der Waals surface area contributed by atoms with Gasteiger partial charge in [-0.2, -0.15) is 4.31 Å². The summed E-state index contributed by atoms with van der Waals surface area (Å²) in [5, 5.41) is 6.40. The molecule has 0 atom stereocenters. The molecule has 0 spiro atoms. The Hall–Kier alpha value is -1.72. The van der Waals surface area contributed by atoms with Gasteiger partial charge in [0, 0.05) is 32.9 Å².